The molecule has 20 heavy (non-hydrogen) atoms. The number of nitrogens with zero attached hydrogens (tertiary/aromatic N) is 1. The van der Waals surface area contributed by atoms with Crippen LogP contribution in [-0.2, 0) is 4.74 Å². The Balaban J connectivity index is 1.61. The molecule has 1 heterocycles. The molecule has 3 atom stereocenters. The van der Waals surface area contributed by atoms with E-state index in [1.54, 1.807) is 0 Å². The topological polar surface area (TPSA) is 65.0 Å². The van der Waals surface area contributed by atoms with Gasteiger partial charge in [0.1, 0.15) is 0 Å². The van der Waals surface area contributed by atoms with Crippen molar-refractivity contribution in [2.75, 3.05) is 45.9 Å². The predicted octanol–water partition coefficient (Wildman–Crippen LogP) is 0.210. The summed E-state index contributed by atoms with van der Waals surface area (Å²) in [5, 5.41) is 23.8. The van der Waals surface area contributed by atoms with Crippen LogP contribution in [0.3, 0.4) is 0 Å². The molecule has 1 aliphatic heterocycles. The van der Waals surface area contributed by atoms with Crippen molar-refractivity contribution in [2.24, 2.45) is 5.92 Å². The fraction of sp³-hybridized carbons (Fsp3) is 1.00. The van der Waals surface area contributed by atoms with E-state index in [1.165, 1.54) is 6.42 Å². The fourth-order valence-corrected chi connectivity index (χ4v) is 3.41. The maximum atomic E-state index is 10.5. The summed E-state index contributed by atoms with van der Waals surface area (Å²) in [7, 11) is 0. The molecule has 3 unspecified atom stereocenters. The molecule has 0 aromatic rings. The van der Waals surface area contributed by atoms with Crippen molar-refractivity contribution >= 4 is 0 Å². The lowest BCUT2D eigenvalue weighted by Crippen LogP contribution is -2.48. The van der Waals surface area contributed by atoms with Gasteiger partial charge >= 0.3 is 0 Å². The first-order valence-corrected chi connectivity index (χ1v) is 7.99. The van der Waals surface area contributed by atoms with Gasteiger partial charge in [-0.2, -0.15) is 0 Å². The average Bonchev–Trinajstić information content (AvgIpc) is 2.39. The van der Waals surface area contributed by atoms with Crippen LogP contribution in [0.25, 0.3) is 0 Å². The van der Waals surface area contributed by atoms with Gasteiger partial charge in [0.25, 0.3) is 0 Å². The normalized spacial score (nSPS) is 34.0. The van der Waals surface area contributed by atoms with Gasteiger partial charge in [0, 0.05) is 32.7 Å². The van der Waals surface area contributed by atoms with E-state index in [9.17, 15) is 10.2 Å². The lowest BCUT2D eigenvalue weighted by atomic mass is 9.79. The highest BCUT2D eigenvalue weighted by Crippen LogP contribution is 2.31. The fourth-order valence-electron chi connectivity index (χ4n) is 3.41. The maximum Gasteiger partial charge on any atom is 0.0791 e. The summed E-state index contributed by atoms with van der Waals surface area (Å²) in [6.07, 6.45) is 3.71. The SMILES string of the molecule is CC1CCCC(O)(CNCC(O)CN2CCOCC2)C1. The monoisotopic (exact) mass is 286 g/mol. The highest BCUT2D eigenvalue weighted by atomic mass is 16.5. The van der Waals surface area contributed by atoms with Crippen molar-refractivity contribution in [3.63, 3.8) is 0 Å². The Bertz CT molecular complexity index is 284. The van der Waals surface area contributed by atoms with Crippen LogP contribution in [-0.4, -0.2) is 72.8 Å². The molecular weight excluding hydrogens is 256 g/mol. The Kier molecular flexibility index (Phi) is 6.23. The number of aliphatic hydroxyl groups is 2. The molecule has 118 valence electrons. The molecule has 0 bridgehead atoms. The van der Waals surface area contributed by atoms with Gasteiger partial charge in [0.2, 0.25) is 0 Å². The molecule has 0 radical (unpaired) electrons. The van der Waals surface area contributed by atoms with Crippen LogP contribution in [0, 0.1) is 5.92 Å². The minimum atomic E-state index is -0.573. The number of rotatable bonds is 6. The number of ether oxygens (including phenoxy) is 1. The number of β-amino-alcohol motifs (C(OH)–C–C–N with tert-alkyl or cyclic N) is 1. The van der Waals surface area contributed by atoms with E-state index in [2.05, 4.69) is 17.1 Å². The van der Waals surface area contributed by atoms with Crippen LogP contribution < -0.4 is 5.32 Å². The van der Waals surface area contributed by atoms with Crippen LogP contribution in [0.5, 0.6) is 0 Å². The van der Waals surface area contributed by atoms with Gasteiger partial charge in [0.15, 0.2) is 0 Å². The van der Waals surface area contributed by atoms with E-state index in [4.69, 9.17) is 4.74 Å². The summed E-state index contributed by atoms with van der Waals surface area (Å²) in [6, 6.07) is 0. The summed E-state index contributed by atoms with van der Waals surface area (Å²) >= 11 is 0. The smallest absolute Gasteiger partial charge is 0.0791 e. The summed E-state index contributed by atoms with van der Waals surface area (Å²) in [4.78, 5) is 2.23. The third-order valence-electron chi connectivity index (χ3n) is 4.47. The summed E-state index contributed by atoms with van der Waals surface area (Å²) < 4.78 is 5.29. The van der Waals surface area contributed by atoms with E-state index in [1.807, 2.05) is 0 Å². The molecular formula is C15H30N2O3. The largest absolute Gasteiger partial charge is 0.390 e. The molecule has 1 aliphatic carbocycles. The molecule has 2 fully saturated rings. The number of nitrogens with one attached hydrogen (secondary N) is 1. The van der Waals surface area contributed by atoms with Crippen LogP contribution >= 0.6 is 0 Å². The minimum absolute atomic E-state index is 0.377. The van der Waals surface area contributed by atoms with Crippen molar-refractivity contribution in [3.8, 4) is 0 Å². The van der Waals surface area contributed by atoms with Crippen molar-refractivity contribution in [3.05, 3.63) is 0 Å². The maximum absolute atomic E-state index is 10.5. The molecule has 3 N–H and O–H groups in total. The quantitative estimate of drug-likeness (QED) is 0.651. The van der Waals surface area contributed by atoms with Gasteiger partial charge in [-0.1, -0.05) is 19.8 Å². The van der Waals surface area contributed by atoms with Gasteiger partial charge in [0.05, 0.1) is 24.9 Å². The first kappa shape index (κ1) is 16.2. The molecule has 1 saturated carbocycles. The van der Waals surface area contributed by atoms with Crippen LogP contribution in [0.2, 0.25) is 0 Å². The second-order valence-electron chi connectivity index (χ2n) is 6.62. The van der Waals surface area contributed by atoms with Crippen LogP contribution in [0.1, 0.15) is 32.6 Å². The van der Waals surface area contributed by atoms with E-state index in [0.29, 0.717) is 25.6 Å². The highest BCUT2D eigenvalue weighted by molar-refractivity contribution is 4.87. The van der Waals surface area contributed by atoms with Crippen LogP contribution in [0.15, 0.2) is 0 Å². The molecule has 1 saturated heterocycles. The zero-order valence-corrected chi connectivity index (χ0v) is 12.7. The predicted molar refractivity (Wildman–Crippen MR) is 78.7 cm³/mol. The Morgan fingerprint density at radius 2 is 2.15 bits per heavy atom. The third kappa shape index (κ3) is 5.30. The Labute approximate surface area is 122 Å². The molecule has 0 amide bonds. The van der Waals surface area contributed by atoms with E-state index >= 15 is 0 Å². The molecule has 5 heteroatoms. The van der Waals surface area contributed by atoms with E-state index < -0.39 is 5.60 Å². The standard InChI is InChI=1S/C15H30N2O3/c1-13-3-2-4-15(19,9-13)12-16-10-14(18)11-17-5-7-20-8-6-17/h13-14,16,18-19H,2-12H2,1H3. The zero-order chi connectivity index (χ0) is 14.4. The number of hydrogen-bond acceptors (Lipinski definition) is 5. The van der Waals surface area contributed by atoms with Gasteiger partial charge in [-0.25, -0.2) is 0 Å². The van der Waals surface area contributed by atoms with Gasteiger partial charge < -0.3 is 20.3 Å². The van der Waals surface area contributed by atoms with Gasteiger partial charge in [-0.3, -0.25) is 4.90 Å². The number of morpholine rings is 1. The lowest BCUT2D eigenvalue weighted by Gasteiger charge is -2.36. The van der Waals surface area contributed by atoms with Gasteiger partial charge in [-0.05, 0) is 18.8 Å². The average molecular weight is 286 g/mol. The van der Waals surface area contributed by atoms with E-state index in [0.717, 1.165) is 45.6 Å². The third-order valence-corrected chi connectivity index (χ3v) is 4.47. The highest BCUT2D eigenvalue weighted by Gasteiger charge is 2.32. The van der Waals surface area contributed by atoms with Crippen molar-refractivity contribution in [1.82, 2.24) is 10.2 Å². The Hall–Kier alpha value is -0.200. The Morgan fingerprint density at radius 1 is 1.40 bits per heavy atom. The molecule has 2 rings (SSSR count). The molecule has 2 aliphatic rings. The van der Waals surface area contributed by atoms with Crippen molar-refractivity contribution < 1.29 is 14.9 Å². The number of aliphatic hydroxyl groups excluding tert-OH is 1. The molecule has 5 nitrogen and oxygen atoms in total. The summed E-state index contributed by atoms with van der Waals surface area (Å²) in [5.74, 6) is 0.605. The first-order valence-electron chi connectivity index (χ1n) is 7.99. The van der Waals surface area contributed by atoms with Crippen LogP contribution in [0.4, 0.5) is 0 Å². The lowest BCUT2D eigenvalue weighted by molar-refractivity contribution is -0.0159. The second-order valence-corrected chi connectivity index (χ2v) is 6.62. The first-order chi connectivity index (χ1) is 9.57. The zero-order valence-electron chi connectivity index (χ0n) is 12.7. The summed E-state index contributed by atoms with van der Waals surface area (Å²) in [5.41, 5.74) is -0.573. The molecule has 0 aromatic carbocycles. The second kappa shape index (κ2) is 7.71. The van der Waals surface area contributed by atoms with E-state index in [-0.39, 0.29) is 6.10 Å². The molecule has 0 spiro atoms. The van der Waals surface area contributed by atoms with Gasteiger partial charge in [-0.15, -0.1) is 0 Å². The van der Waals surface area contributed by atoms with Crippen molar-refractivity contribution in [1.29, 1.82) is 0 Å². The minimum Gasteiger partial charge on any atom is -0.390 e. The summed E-state index contributed by atoms with van der Waals surface area (Å²) in [6.45, 7) is 7.36. The number of hydrogen-bond donors (Lipinski definition) is 3. The Morgan fingerprint density at radius 3 is 2.85 bits per heavy atom. The molecule has 0 aromatic heterocycles. The van der Waals surface area contributed by atoms with Crippen molar-refractivity contribution in [2.45, 2.75) is 44.3 Å².